The molecule has 13 heavy (non-hydrogen) atoms. The lowest BCUT2D eigenvalue weighted by molar-refractivity contribution is -0.0873. The molecule has 0 aromatic carbocycles. The Labute approximate surface area is 88.9 Å². The summed E-state index contributed by atoms with van der Waals surface area (Å²) in [5, 5.41) is 0. The minimum atomic E-state index is -0.189. The Morgan fingerprint density at radius 3 is 2.46 bits per heavy atom. The molecule has 0 radical (unpaired) electrons. The molecule has 1 aliphatic rings. The molecule has 0 N–H and O–H groups in total. The van der Waals surface area contributed by atoms with Crippen molar-refractivity contribution < 1.29 is 9.47 Å². The van der Waals surface area contributed by atoms with Crippen molar-refractivity contribution in [2.24, 2.45) is 0 Å². The average molecular weight is 228 g/mol. The highest BCUT2D eigenvalue weighted by Gasteiger charge is 2.28. The molecule has 3 nitrogen and oxygen atoms in total. The summed E-state index contributed by atoms with van der Waals surface area (Å²) in [7, 11) is 1.97. The van der Waals surface area contributed by atoms with Crippen LogP contribution in [0, 0.1) is 0 Å². The first-order chi connectivity index (χ1) is 6.29. The zero-order valence-electron chi connectivity index (χ0n) is 7.71. The second-order valence-corrected chi connectivity index (χ2v) is 3.69. The van der Waals surface area contributed by atoms with E-state index >= 15 is 0 Å². The molecule has 0 aromatic rings. The van der Waals surface area contributed by atoms with Crippen LogP contribution >= 0.6 is 23.2 Å². The predicted molar refractivity (Wildman–Crippen MR) is 53.6 cm³/mol. The molecule has 1 atom stereocenters. The van der Waals surface area contributed by atoms with Gasteiger partial charge >= 0.3 is 0 Å². The summed E-state index contributed by atoms with van der Waals surface area (Å²) in [6, 6.07) is 0.0999. The highest BCUT2D eigenvalue weighted by Crippen LogP contribution is 2.14. The first-order valence-electron chi connectivity index (χ1n) is 4.35. The molecule has 1 saturated heterocycles. The zero-order valence-corrected chi connectivity index (χ0v) is 9.22. The highest BCUT2D eigenvalue weighted by molar-refractivity contribution is 6.18. The molecule has 1 unspecified atom stereocenters. The number of ether oxygens (including phenoxy) is 2. The number of halogens is 2. The normalized spacial score (nSPS) is 21.2. The van der Waals surface area contributed by atoms with Gasteiger partial charge in [-0.05, 0) is 7.05 Å². The molecule has 1 rings (SSSR count). The maximum absolute atomic E-state index is 5.83. The molecule has 1 aliphatic heterocycles. The fourth-order valence-electron chi connectivity index (χ4n) is 1.30. The molecular weight excluding hydrogens is 213 g/mol. The first kappa shape index (κ1) is 11.5. The van der Waals surface area contributed by atoms with Crippen molar-refractivity contribution in [3.63, 3.8) is 0 Å². The monoisotopic (exact) mass is 227 g/mol. The minimum Gasteiger partial charge on any atom is -0.349 e. The Hall–Kier alpha value is 0.460. The Morgan fingerprint density at radius 1 is 1.38 bits per heavy atom. The number of likely N-dealkylation sites (N-methyl/N-ethyl adjacent to an activating group) is 1. The van der Waals surface area contributed by atoms with E-state index in [1.807, 2.05) is 7.05 Å². The number of nitrogens with zero attached hydrogens (tertiary/aromatic N) is 1. The SMILES string of the molecule is CN(CCCl)C(CCl)C1OCCO1. The van der Waals surface area contributed by atoms with Crippen molar-refractivity contribution in [2.45, 2.75) is 12.3 Å². The van der Waals surface area contributed by atoms with E-state index in [-0.39, 0.29) is 12.3 Å². The van der Waals surface area contributed by atoms with Crippen LogP contribution in [0.3, 0.4) is 0 Å². The van der Waals surface area contributed by atoms with E-state index in [0.29, 0.717) is 25.0 Å². The smallest absolute Gasteiger partial charge is 0.174 e. The van der Waals surface area contributed by atoms with Crippen LogP contribution in [0.1, 0.15) is 0 Å². The van der Waals surface area contributed by atoms with Crippen molar-refractivity contribution >= 4 is 23.2 Å². The number of rotatable bonds is 5. The zero-order chi connectivity index (χ0) is 9.68. The van der Waals surface area contributed by atoms with E-state index in [4.69, 9.17) is 32.7 Å². The third-order valence-corrected chi connectivity index (χ3v) is 2.61. The van der Waals surface area contributed by atoms with Gasteiger partial charge in [0.1, 0.15) is 0 Å². The van der Waals surface area contributed by atoms with Crippen LogP contribution in [0.2, 0.25) is 0 Å². The van der Waals surface area contributed by atoms with Gasteiger partial charge in [0.25, 0.3) is 0 Å². The Morgan fingerprint density at radius 2 is 2.00 bits per heavy atom. The van der Waals surface area contributed by atoms with Crippen molar-refractivity contribution in [1.29, 1.82) is 0 Å². The summed E-state index contributed by atoms with van der Waals surface area (Å²) < 4.78 is 10.8. The van der Waals surface area contributed by atoms with Crippen LogP contribution in [-0.2, 0) is 9.47 Å². The molecule has 0 amide bonds. The van der Waals surface area contributed by atoms with Gasteiger partial charge in [0.2, 0.25) is 0 Å². The average Bonchev–Trinajstić information content (AvgIpc) is 2.59. The maximum Gasteiger partial charge on any atom is 0.174 e. The highest BCUT2D eigenvalue weighted by atomic mass is 35.5. The van der Waals surface area contributed by atoms with Crippen molar-refractivity contribution in [3.8, 4) is 0 Å². The van der Waals surface area contributed by atoms with Gasteiger partial charge in [-0.25, -0.2) is 0 Å². The van der Waals surface area contributed by atoms with Gasteiger partial charge in [-0.15, -0.1) is 23.2 Å². The molecule has 0 bridgehead atoms. The standard InChI is InChI=1S/C8H15Cl2NO2/c1-11(3-2-9)7(6-10)8-12-4-5-13-8/h7-8H,2-6H2,1H3. The molecule has 0 aromatic heterocycles. The molecule has 1 heterocycles. The van der Waals surface area contributed by atoms with Gasteiger partial charge < -0.3 is 9.47 Å². The van der Waals surface area contributed by atoms with E-state index in [1.54, 1.807) is 0 Å². The number of hydrogen-bond acceptors (Lipinski definition) is 3. The van der Waals surface area contributed by atoms with Crippen LogP contribution in [0.4, 0.5) is 0 Å². The van der Waals surface area contributed by atoms with Crippen molar-refractivity contribution in [2.75, 3.05) is 38.6 Å². The quantitative estimate of drug-likeness (QED) is 0.658. The van der Waals surface area contributed by atoms with Gasteiger partial charge in [0.05, 0.1) is 19.3 Å². The van der Waals surface area contributed by atoms with E-state index in [2.05, 4.69) is 4.90 Å². The number of alkyl halides is 2. The summed E-state index contributed by atoms with van der Waals surface area (Å²) in [5.41, 5.74) is 0. The summed E-state index contributed by atoms with van der Waals surface area (Å²) in [5.74, 6) is 1.09. The Kier molecular flexibility index (Phi) is 5.36. The second-order valence-electron chi connectivity index (χ2n) is 3.00. The van der Waals surface area contributed by atoms with Gasteiger partial charge in [0.15, 0.2) is 6.29 Å². The summed E-state index contributed by atoms with van der Waals surface area (Å²) in [4.78, 5) is 2.07. The van der Waals surface area contributed by atoms with Crippen LogP contribution in [0.25, 0.3) is 0 Å². The number of hydrogen-bond donors (Lipinski definition) is 0. The summed E-state index contributed by atoms with van der Waals surface area (Å²) in [6.45, 7) is 2.11. The Balaban J connectivity index is 2.39. The molecule has 0 spiro atoms. The van der Waals surface area contributed by atoms with Crippen molar-refractivity contribution in [1.82, 2.24) is 4.90 Å². The third-order valence-electron chi connectivity index (χ3n) is 2.12. The second kappa shape index (κ2) is 6.04. The van der Waals surface area contributed by atoms with E-state index < -0.39 is 0 Å². The third kappa shape index (κ3) is 3.26. The summed E-state index contributed by atoms with van der Waals surface area (Å²) in [6.07, 6.45) is -0.189. The lowest BCUT2D eigenvalue weighted by atomic mass is 10.3. The molecule has 0 aliphatic carbocycles. The summed E-state index contributed by atoms with van der Waals surface area (Å²) >= 11 is 11.5. The molecule has 0 saturated carbocycles. The topological polar surface area (TPSA) is 21.7 Å². The largest absolute Gasteiger partial charge is 0.349 e. The first-order valence-corrected chi connectivity index (χ1v) is 5.42. The Bertz CT molecular complexity index is 142. The molecule has 78 valence electrons. The van der Waals surface area contributed by atoms with Crippen LogP contribution in [-0.4, -0.2) is 55.8 Å². The van der Waals surface area contributed by atoms with Gasteiger partial charge in [-0.3, -0.25) is 4.90 Å². The van der Waals surface area contributed by atoms with E-state index in [9.17, 15) is 0 Å². The molecule has 1 fully saturated rings. The maximum atomic E-state index is 5.83. The lowest BCUT2D eigenvalue weighted by Crippen LogP contribution is -2.44. The predicted octanol–water partition coefficient (Wildman–Crippen LogP) is 1.14. The van der Waals surface area contributed by atoms with Crippen LogP contribution in [0.5, 0.6) is 0 Å². The van der Waals surface area contributed by atoms with E-state index in [0.717, 1.165) is 6.54 Å². The van der Waals surface area contributed by atoms with Crippen molar-refractivity contribution in [3.05, 3.63) is 0 Å². The molecule has 5 heteroatoms. The molecular formula is C8H15Cl2NO2. The fraction of sp³-hybridized carbons (Fsp3) is 1.00. The van der Waals surface area contributed by atoms with E-state index in [1.165, 1.54) is 0 Å². The van der Waals surface area contributed by atoms with Crippen LogP contribution < -0.4 is 0 Å². The van der Waals surface area contributed by atoms with Gasteiger partial charge in [-0.2, -0.15) is 0 Å². The lowest BCUT2D eigenvalue weighted by Gasteiger charge is -2.28. The van der Waals surface area contributed by atoms with Gasteiger partial charge in [-0.1, -0.05) is 0 Å². The van der Waals surface area contributed by atoms with Gasteiger partial charge in [0, 0.05) is 18.3 Å². The fourth-order valence-corrected chi connectivity index (χ4v) is 1.94. The minimum absolute atomic E-state index is 0.0999. The van der Waals surface area contributed by atoms with Crippen LogP contribution in [0.15, 0.2) is 0 Å².